The fourth-order valence-corrected chi connectivity index (χ4v) is 3.13. The zero-order valence-electron chi connectivity index (χ0n) is 15.1. The molecular formula is C21H21NO4. The molecule has 26 heavy (non-hydrogen) atoms. The third-order valence-corrected chi connectivity index (χ3v) is 4.51. The van der Waals surface area contributed by atoms with Crippen LogP contribution in [0.1, 0.15) is 54.1 Å². The Hall–Kier alpha value is -2.95. The van der Waals surface area contributed by atoms with Crippen LogP contribution in [0.25, 0.3) is 0 Å². The van der Waals surface area contributed by atoms with Gasteiger partial charge in [-0.15, -0.1) is 0 Å². The molecule has 3 rings (SSSR count). The van der Waals surface area contributed by atoms with E-state index >= 15 is 0 Å². The van der Waals surface area contributed by atoms with Crippen LogP contribution in [0.15, 0.2) is 48.5 Å². The van der Waals surface area contributed by atoms with Crippen LogP contribution in [-0.2, 0) is 14.3 Å². The van der Waals surface area contributed by atoms with Crippen LogP contribution in [0, 0.1) is 0 Å². The van der Waals surface area contributed by atoms with Gasteiger partial charge in [0.25, 0.3) is 11.8 Å². The zero-order valence-corrected chi connectivity index (χ0v) is 15.1. The van der Waals surface area contributed by atoms with Crippen molar-refractivity contribution in [3.63, 3.8) is 0 Å². The maximum Gasteiger partial charge on any atom is 0.323 e. The number of nitrogens with zero attached hydrogens (tertiary/aromatic N) is 1. The number of amides is 2. The third kappa shape index (κ3) is 3.01. The van der Waals surface area contributed by atoms with E-state index in [0.717, 1.165) is 10.5 Å². The van der Waals surface area contributed by atoms with Gasteiger partial charge in [0.2, 0.25) is 0 Å². The third-order valence-electron chi connectivity index (χ3n) is 4.51. The van der Waals surface area contributed by atoms with Gasteiger partial charge in [-0.05, 0) is 42.2 Å². The van der Waals surface area contributed by atoms with Gasteiger partial charge in [0.15, 0.2) is 5.92 Å². The summed E-state index contributed by atoms with van der Waals surface area (Å²) in [5, 5.41) is 0. The molecule has 2 aromatic carbocycles. The number of rotatable bonds is 4. The Balaban J connectivity index is 2.08. The van der Waals surface area contributed by atoms with Gasteiger partial charge in [-0.25, -0.2) is 4.90 Å². The summed E-state index contributed by atoms with van der Waals surface area (Å²) in [6, 6.07) is 13.9. The van der Waals surface area contributed by atoms with Crippen molar-refractivity contribution in [2.45, 2.75) is 32.6 Å². The van der Waals surface area contributed by atoms with Gasteiger partial charge in [0.1, 0.15) is 0 Å². The highest BCUT2D eigenvalue weighted by Gasteiger charge is 2.44. The highest BCUT2D eigenvalue weighted by Crippen LogP contribution is 2.34. The minimum Gasteiger partial charge on any atom is -0.465 e. The molecule has 2 aromatic rings. The smallest absolute Gasteiger partial charge is 0.323 e. The van der Waals surface area contributed by atoms with E-state index in [0.29, 0.717) is 22.7 Å². The summed E-state index contributed by atoms with van der Waals surface area (Å²) in [5.41, 5.74) is 2.30. The predicted molar refractivity (Wildman–Crippen MR) is 98.2 cm³/mol. The molecule has 2 amide bonds. The zero-order chi connectivity index (χ0) is 18.8. The molecule has 1 heterocycles. The minimum atomic E-state index is -1.13. The number of imide groups is 1. The van der Waals surface area contributed by atoms with E-state index in [1.165, 1.54) is 0 Å². The van der Waals surface area contributed by atoms with Crippen LogP contribution in [0.2, 0.25) is 0 Å². The number of fused-ring (bicyclic) bond motifs is 1. The number of esters is 1. The maximum atomic E-state index is 13.0. The quantitative estimate of drug-likeness (QED) is 0.479. The molecule has 1 unspecified atom stereocenters. The molecule has 134 valence electrons. The van der Waals surface area contributed by atoms with E-state index in [4.69, 9.17) is 4.74 Å². The topological polar surface area (TPSA) is 63.7 Å². The first-order chi connectivity index (χ1) is 12.5. The summed E-state index contributed by atoms with van der Waals surface area (Å²) >= 11 is 0. The standard InChI is InChI=1S/C21H21NO4/c1-4-26-21(25)18-16-7-5-6-8-17(16)19(23)22(20(18)24)15-11-9-14(10-12-15)13(2)3/h5-13,18H,4H2,1-3H3. The monoisotopic (exact) mass is 351 g/mol. The molecule has 1 aliphatic rings. The molecule has 1 aliphatic heterocycles. The number of hydrogen-bond donors (Lipinski definition) is 0. The van der Waals surface area contributed by atoms with Gasteiger partial charge < -0.3 is 4.74 Å². The van der Waals surface area contributed by atoms with E-state index in [9.17, 15) is 14.4 Å². The van der Waals surface area contributed by atoms with Crippen LogP contribution >= 0.6 is 0 Å². The average molecular weight is 351 g/mol. The largest absolute Gasteiger partial charge is 0.465 e. The Morgan fingerprint density at radius 1 is 1.08 bits per heavy atom. The second-order valence-electron chi connectivity index (χ2n) is 6.50. The highest BCUT2D eigenvalue weighted by molar-refractivity contribution is 6.30. The van der Waals surface area contributed by atoms with E-state index < -0.39 is 23.7 Å². The van der Waals surface area contributed by atoms with Crippen LogP contribution in [-0.4, -0.2) is 24.4 Å². The average Bonchev–Trinajstić information content (AvgIpc) is 2.62. The van der Waals surface area contributed by atoms with E-state index in [-0.39, 0.29) is 6.61 Å². The molecule has 0 fully saturated rings. The molecule has 0 aromatic heterocycles. The Bertz CT molecular complexity index is 855. The molecule has 0 saturated carbocycles. The molecule has 0 aliphatic carbocycles. The predicted octanol–water partition coefficient (Wildman–Crippen LogP) is 3.64. The molecule has 5 heteroatoms. The number of carbonyl (C=O) groups excluding carboxylic acids is 3. The molecule has 5 nitrogen and oxygen atoms in total. The van der Waals surface area contributed by atoms with E-state index in [1.807, 2.05) is 12.1 Å². The maximum absolute atomic E-state index is 13.0. The molecule has 0 radical (unpaired) electrons. The van der Waals surface area contributed by atoms with Crippen molar-refractivity contribution in [1.29, 1.82) is 0 Å². The number of anilines is 1. The van der Waals surface area contributed by atoms with Crippen molar-refractivity contribution in [3.8, 4) is 0 Å². The van der Waals surface area contributed by atoms with Crippen molar-refractivity contribution < 1.29 is 19.1 Å². The molecule has 0 N–H and O–H groups in total. The van der Waals surface area contributed by atoms with Crippen molar-refractivity contribution in [3.05, 3.63) is 65.2 Å². The lowest BCUT2D eigenvalue weighted by Crippen LogP contribution is -2.47. The summed E-state index contributed by atoms with van der Waals surface area (Å²) in [4.78, 5) is 39.5. The lowest BCUT2D eigenvalue weighted by Gasteiger charge is -2.31. The molecular weight excluding hydrogens is 330 g/mol. The summed E-state index contributed by atoms with van der Waals surface area (Å²) in [6.45, 7) is 5.99. The van der Waals surface area contributed by atoms with E-state index in [1.54, 1.807) is 43.3 Å². The van der Waals surface area contributed by atoms with Gasteiger partial charge in [-0.3, -0.25) is 14.4 Å². The number of hydrogen-bond acceptors (Lipinski definition) is 4. The van der Waals surface area contributed by atoms with Gasteiger partial charge in [0.05, 0.1) is 12.3 Å². The van der Waals surface area contributed by atoms with Crippen LogP contribution < -0.4 is 4.90 Å². The molecule has 0 bridgehead atoms. The normalized spacial score (nSPS) is 16.6. The minimum absolute atomic E-state index is 0.168. The first-order valence-corrected chi connectivity index (χ1v) is 8.69. The second-order valence-corrected chi connectivity index (χ2v) is 6.50. The van der Waals surface area contributed by atoms with Crippen LogP contribution in [0.5, 0.6) is 0 Å². The van der Waals surface area contributed by atoms with E-state index in [2.05, 4.69) is 13.8 Å². The fourth-order valence-electron chi connectivity index (χ4n) is 3.13. The fraction of sp³-hybridized carbons (Fsp3) is 0.286. The number of benzene rings is 2. The van der Waals surface area contributed by atoms with Crippen molar-refractivity contribution in [2.75, 3.05) is 11.5 Å². The summed E-state index contributed by atoms with van der Waals surface area (Å²) < 4.78 is 5.08. The first kappa shape index (κ1) is 17.9. The van der Waals surface area contributed by atoms with Crippen LogP contribution in [0.3, 0.4) is 0 Å². The Morgan fingerprint density at radius 3 is 2.35 bits per heavy atom. The number of carbonyl (C=O) groups is 3. The number of ether oxygens (including phenoxy) is 1. The van der Waals surface area contributed by atoms with Crippen molar-refractivity contribution in [1.82, 2.24) is 0 Å². The van der Waals surface area contributed by atoms with Gasteiger partial charge in [0, 0.05) is 5.56 Å². The summed E-state index contributed by atoms with van der Waals surface area (Å²) in [7, 11) is 0. The SMILES string of the molecule is CCOC(=O)C1C(=O)N(c2ccc(C(C)C)cc2)C(=O)c2ccccc21. The summed E-state index contributed by atoms with van der Waals surface area (Å²) in [5.74, 6) is -2.44. The Morgan fingerprint density at radius 2 is 1.73 bits per heavy atom. The molecule has 1 atom stereocenters. The van der Waals surface area contributed by atoms with Gasteiger partial charge in [-0.1, -0.05) is 44.2 Å². The van der Waals surface area contributed by atoms with Gasteiger partial charge >= 0.3 is 5.97 Å². The van der Waals surface area contributed by atoms with Crippen molar-refractivity contribution in [2.24, 2.45) is 0 Å². The summed E-state index contributed by atoms with van der Waals surface area (Å²) in [6.07, 6.45) is 0. The molecule has 0 saturated heterocycles. The second kappa shape index (κ2) is 7.12. The highest BCUT2D eigenvalue weighted by atomic mass is 16.5. The van der Waals surface area contributed by atoms with Crippen LogP contribution in [0.4, 0.5) is 5.69 Å². The Labute approximate surface area is 152 Å². The molecule has 0 spiro atoms. The first-order valence-electron chi connectivity index (χ1n) is 8.69. The van der Waals surface area contributed by atoms with Crippen molar-refractivity contribution >= 4 is 23.5 Å². The lowest BCUT2D eigenvalue weighted by atomic mass is 9.88. The lowest BCUT2D eigenvalue weighted by molar-refractivity contribution is -0.147. The van der Waals surface area contributed by atoms with Gasteiger partial charge in [-0.2, -0.15) is 0 Å². The Kier molecular flexibility index (Phi) is 4.89.